The first-order chi connectivity index (χ1) is 10.0. The van der Waals surface area contributed by atoms with Crippen molar-refractivity contribution in [2.75, 3.05) is 46.4 Å². The van der Waals surface area contributed by atoms with Gasteiger partial charge < -0.3 is 14.5 Å². The van der Waals surface area contributed by atoms with Gasteiger partial charge in [0.15, 0.2) is 0 Å². The summed E-state index contributed by atoms with van der Waals surface area (Å²) in [4.78, 5) is 22.0. The number of hydrogen-bond donors (Lipinski definition) is 1. The van der Waals surface area contributed by atoms with Crippen LogP contribution in [0.15, 0.2) is 24.3 Å². The van der Waals surface area contributed by atoms with Gasteiger partial charge in [-0.05, 0) is 12.1 Å². The number of ether oxygens (including phenoxy) is 1. The zero-order chi connectivity index (χ0) is 15.3. The van der Waals surface area contributed by atoms with Crippen LogP contribution in [0.5, 0.6) is 0 Å². The van der Waals surface area contributed by atoms with Crippen LogP contribution in [0.2, 0.25) is 0 Å². The van der Waals surface area contributed by atoms with Gasteiger partial charge in [0.25, 0.3) is 11.6 Å². The van der Waals surface area contributed by atoms with Crippen molar-refractivity contribution in [1.29, 1.82) is 0 Å². The van der Waals surface area contributed by atoms with Crippen LogP contribution in [-0.4, -0.2) is 61.8 Å². The normalized spacial score (nSPS) is 17.2. The van der Waals surface area contributed by atoms with Gasteiger partial charge in [-0.3, -0.25) is 14.9 Å². The number of nitro benzene ring substituents is 1. The van der Waals surface area contributed by atoms with E-state index in [0.717, 1.165) is 37.3 Å². The molecule has 1 N–H and O–H groups in total. The van der Waals surface area contributed by atoms with Crippen molar-refractivity contribution in [2.24, 2.45) is 0 Å². The summed E-state index contributed by atoms with van der Waals surface area (Å²) in [5, 5.41) is 13.4. The van der Waals surface area contributed by atoms with Crippen molar-refractivity contribution in [1.82, 2.24) is 5.32 Å². The third kappa shape index (κ3) is 4.24. The molecule has 2 rings (SSSR count). The van der Waals surface area contributed by atoms with E-state index in [1.165, 1.54) is 24.3 Å². The molecule has 1 aromatic rings. The van der Waals surface area contributed by atoms with Gasteiger partial charge in [-0.1, -0.05) is 0 Å². The lowest BCUT2D eigenvalue weighted by Crippen LogP contribution is -2.54. The summed E-state index contributed by atoms with van der Waals surface area (Å²) in [6, 6.07) is 5.62. The quantitative estimate of drug-likeness (QED) is 0.495. The number of morpholine rings is 1. The Bertz CT molecular complexity index is 509. The van der Waals surface area contributed by atoms with E-state index in [1.807, 2.05) is 0 Å². The highest BCUT2D eigenvalue weighted by Gasteiger charge is 2.24. The van der Waals surface area contributed by atoms with Crippen LogP contribution in [-0.2, 0) is 4.74 Å². The van der Waals surface area contributed by atoms with Crippen LogP contribution in [0.25, 0.3) is 0 Å². The summed E-state index contributed by atoms with van der Waals surface area (Å²) in [7, 11) is 2.15. The van der Waals surface area contributed by atoms with E-state index in [9.17, 15) is 14.9 Å². The smallest absolute Gasteiger partial charge is 0.269 e. The van der Waals surface area contributed by atoms with E-state index in [0.29, 0.717) is 12.1 Å². The largest absolute Gasteiger partial charge is 0.370 e. The first kappa shape index (κ1) is 15.4. The number of likely N-dealkylation sites (N-methyl/N-ethyl adjacent to an activating group) is 1. The van der Waals surface area contributed by atoms with Gasteiger partial charge >= 0.3 is 0 Å². The first-order valence-corrected chi connectivity index (χ1v) is 6.94. The van der Waals surface area contributed by atoms with Gasteiger partial charge in [-0.2, -0.15) is 0 Å². The molecule has 0 aromatic heterocycles. The Morgan fingerprint density at radius 2 is 1.95 bits per heavy atom. The molecule has 1 heterocycles. The molecular formula is C14H20N3O4+. The monoisotopic (exact) mass is 294 g/mol. The number of carbonyl (C=O) groups is 1. The van der Waals surface area contributed by atoms with Crippen molar-refractivity contribution in [3.63, 3.8) is 0 Å². The number of nitrogens with zero attached hydrogens (tertiary/aromatic N) is 2. The van der Waals surface area contributed by atoms with Gasteiger partial charge in [0.2, 0.25) is 0 Å². The van der Waals surface area contributed by atoms with Crippen LogP contribution in [0.1, 0.15) is 10.4 Å². The molecule has 0 unspecified atom stereocenters. The Hall–Kier alpha value is -1.99. The van der Waals surface area contributed by atoms with Crippen molar-refractivity contribution in [3.05, 3.63) is 39.9 Å². The summed E-state index contributed by atoms with van der Waals surface area (Å²) in [6.07, 6.45) is 0. The van der Waals surface area contributed by atoms with Crippen molar-refractivity contribution < 1.29 is 18.9 Å². The van der Waals surface area contributed by atoms with Crippen LogP contribution in [0.4, 0.5) is 5.69 Å². The molecule has 1 amide bonds. The van der Waals surface area contributed by atoms with Gasteiger partial charge in [0, 0.05) is 17.7 Å². The molecule has 21 heavy (non-hydrogen) atoms. The molecule has 0 atom stereocenters. The second-order valence-corrected chi connectivity index (χ2v) is 5.46. The molecule has 0 radical (unpaired) electrons. The van der Waals surface area contributed by atoms with Gasteiger partial charge in [0.05, 0.1) is 38.3 Å². The van der Waals surface area contributed by atoms with Crippen LogP contribution in [0.3, 0.4) is 0 Å². The minimum Gasteiger partial charge on any atom is -0.370 e. The van der Waals surface area contributed by atoms with Gasteiger partial charge in [0.1, 0.15) is 13.1 Å². The maximum atomic E-state index is 12.0. The summed E-state index contributed by atoms with van der Waals surface area (Å²) >= 11 is 0. The number of hydrogen-bond acceptors (Lipinski definition) is 4. The fourth-order valence-corrected chi connectivity index (χ4v) is 2.28. The van der Waals surface area contributed by atoms with Crippen molar-refractivity contribution in [3.8, 4) is 0 Å². The van der Waals surface area contributed by atoms with E-state index < -0.39 is 4.92 Å². The molecule has 7 nitrogen and oxygen atoms in total. The summed E-state index contributed by atoms with van der Waals surface area (Å²) in [6.45, 7) is 4.84. The number of benzene rings is 1. The summed E-state index contributed by atoms with van der Waals surface area (Å²) < 4.78 is 6.22. The lowest BCUT2D eigenvalue weighted by atomic mass is 10.2. The topological polar surface area (TPSA) is 81.5 Å². The molecule has 0 saturated carbocycles. The zero-order valence-electron chi connectivity index (χ0n) is 12.1. The number of nitro groups is 1. The van der Waals surface area contributed by atoms with Crippen molar-refractivity contribution in [2.45, 2.75) is 0 Å². The highest BCUT2D eigenvalue weighted by Crippen LogP contribution is 2.12. The van der Waals surface area contributed by atoms with Crippen molar-refractivity contribution >= 4 is 11.6 Å². The lowest BCUT2D eigenvalue weighted by molar-refractivity contribution is -0.915. The molecule has 1 aliphatic heterocycles. The Kier molecular flexibility index (Phi) is 4.87. The molecule has 0 spiro atoms. The molecule has 1 fully saturated rings. The fourth-order valence-electron chi connectivity index (χ4n) is 2.28. The SMILES string of the molecule is C[N+]1(CCNC(=O)c2ccc([N+](=O)[O-])cc2)CCOCC1. The number of rotatable bonds is 5. The molecular weight excluding hydrogens is 274 g/mol. The number of amides is 1. The van der Waals surface area contributed by atoms with E-state index in [-0.39, 0.29) is 11.6 Å². The highest BCUT2D eigenvalue weighted by molar-refractivity contribution is 5.94. The second kappa shape index (κ2) is 6.64. The lowest BCUT2D eigenvalue weighted by Gasteiger charge is -2.37. The zero-order valence-corrected chi connectivity index (χ0v) is 12.1. The Labute approximate surface area is 123 Å². The van der Waals surface area contributed by atoms with E-state index in [1.54, 1.807) is 0 Å². The molecule has 1 saturated heterocycles. The maximum Gasteiger partial charge on any atom is 0.269 e. The van der Waals surface area contributed by atoms with Crippen LogP contribution >= 0.6 is 0 Å². The first-order valence-electron chi connectivity index (χ1n) is 6.94. The predicted octanol–water partition coefficient (Wildman–Crippen LogP) is 0.801. The van der Waals surface area contributed by atoms with Crippen LogP contribution < -0.4 is 5.32 Å². The number of non-ortho nitro benzene ring substituents is 1. The molecule has 0 aliphatic carbocycles. The standard InChI is InChI=1S/C14H19N3O4/c1-17(8-10-21-11-9-17)7-6-15-14(18)12-2-4-13(5-3-12)16(19)20/h2-5H,6-11H2,1H3/p+1. The average molecular weight is 294 g/mol. The fraction of sp³-hybridized carbons (Fsp3) is 0.500. The minimum atomic E-state index is -0.481. The molecule has 7 heteroatoms. The third-order valence-corrected chi connectivity index (χ3v) is 3.83. The molecule has 1 aliphatic rings. The van der Waals surface area contributed by atoms with E-state index in [4.69, 9.17) is 4.74 Å². The van der Waals surface area contributed by atoms with Gasteiger partial charge in [-0.25, -0.2) is 0 Å². The Morgan fingerprint density at radius 1 is 1.33 bits per heavy atom. The van der Waals surface area contributed by atoms with Crippen LogP contribution in [0, 0.1) is 10.1 Å². The van der Waals surface area contributed by atoms with E-state index in [2.05, 4.69) is 12.4 Å². The minimum absolute atomic E-state index is 0.0158. The Morgan fingerprint density at radius 3 is 2.52 bits per heavy atom. The number of quaternary nitrogens is 1. The van der Waals surface area contributed by atoms with E-state index >= 15 is 0 Å². The molecule has 1 aromatic carbocycles. The summed E-state index contributed by atoms with van der Waals surface area (Å²) in [5.41, 5.74) is 0.420. The highest BCUT2D eigenvalue weighted by atomic mass is 16.6. The second-order valence-electron chi connectivity index (χ2n) is 5.46. The molecule has 0 bridgehead atoms. The average Bonchev–Trinajstić information content (AvgIpc) is 2.48. The summed E-state index contributed by atoms with van der Waals surface area (Å²) in [5.74, 6) is -0.204. The Balaban J connectivity index is 1.82. The van der Waals surface area contributed by atoms with Gasteiger partial charge in [-0.15, -0.1) is 0 Å². The number of carbonyl (C=O) groups excluding carboxylic acids is 1. The third-order valence-electron chi connectivity index (χ3n) is 3.83. The maximum absolute atomic E-state index is 12.0. The number of nitrogens with one attached hydrogen (secondary N) is 1. The molecule has 114 valence electrons. The predicted molar refractivity (Wildman–Crippen MR) is 77.0 cm³/mol.